The number of carboxylic acid groups (broad SMARTS) is 1. The fourth-order valence-corrected chi connectivity index (χ4v) is 2.00. The molecule has 0 aromatic carbocycles. The number of hydrogen-bond donors (Lipinski definition) is 1. The summed E-state index contributed by atoms with van der Waals surface area (Å²) in [6.07, 6.45) is 7.17. The first-order chi connectivity index (χ1) is 8.55. The van der Waals surface area contributed by atoms with Crippen molar-refractivity contribution in [3.05, 3.63) is 12.7 Å². The predicted octanol–water partition coefficient (Wildman–Crippen LogP) is 1.50. The largest absolute Gasteiger partial charge is 0.481 e. The van der Waals surface area contributed by atoms with Crippen LogP contribution >= 0.6 is 0 Å². The molecule has 1 aliphatic heterocycles. The van der Waals surface area contributed by atoms with E-state index in [4.69, 9.17) is 11.2 Å². The van der Waals surface area contributed by atoms with Gasteiger partial charge in [-0.05, 0) is 12.8 Å². The number of piperidine rings is 1. The first kappa shape index (κ1) is 14.1. The molecule has 98 valence electrons. The van der Waals surface area contributed by atoms with Crippen LogP contribution in [0.3, 0.4) is 0 Å². The van der Waals surface area contributed by atoms with Crippen LogP contribution in [0.2, 0.25) is 0 Å². The number of nitrogens with zero attached hydrogens (tertiary/aromatic N) is 1. The van der Waals surface area contributed by atoms with E-state index in [0.29, 0.717) is 25.9 Å². The molecule has 0 spiro atoms. The van der Waals surface area contributed by atoms with Gasteiger partial charge in [-0.3, -0.25) is 4.79 Å². The maximum absolute atomic E-state index is 11.6. The molecule has 0 radical (unpaired) electrons. The van der Waals surface area contributed by atoms with E-state index in [1.807, 2.05) is 0 Å². The second kappa shape index (κ2) is 6.10. The average molecular weight is 251 g/mol. The van der Waals surface area contributed by atoms with Gasteiger partial charge >= 0.3 is 12.1 Å². The lowest BCUT2D eigenvalue weighted by molar-refractivity contribution is -0.151. The molecule has 1 rings (SSSR count). The molecule has 0 atom stereocenters. The van der Waals surface area contributed by atoms with Crippen molar-refractivity contribution in [2.75, 3.05) is 19.7 Å². The molecule has 1 fully saturated rings. The fourth-order valence-electron chi connectivity index (χ4n) is 2.00. The first-order valence-electron chi connectivity index (χ1n) is 5.75. The summed E-state index contributed by atoms with van der Waals surface area (Å²) in [5, 5.41) is 9.24. The summed E-state index contributed by atoms with van der Waals surface area (Å²) < 4.78 is 4.90. The van der Waals surface area contributed by atoms with Crippen LogP contribution in [-0.2, 0) is 9.53 Å². The van der Waals surface area contributed by atoms with Gasteiger partial charge in [0.25, 0.3) is 0 Å². The maximum atomic E-state index is 11.6. The van der Waals surface area contributed by atoms with E-state index in [2.05, 4.69) is 12.5 Å². The van der Waals surface area contributed by atoms with Gasteiger partial charge in [0.2, 0.25) is 0 Å². The van der Waals surface area contributed by atoms with Gasteiger partial charge in [-0.15, -0.1) is 12.3 Å². The van der Waals surface area contributed by atoms with Crippen molar-refractivity contribution in [3.8, 4) is 12.3 Å². The molecule has 1 saturated heterocycles. The van der Waals surface area contributed by atoms with Gasteiger partial charge in [-0.25, -0.2) is 4.79 Å². The van der Waals surface area contributed by atoms with Gasteiger partial charge in [-0.1, -0.05) is 12.7 Å². The standard InChI is InChI=1S/C13H17NO4/c1-3-5-13(11(15)16)6-8-14(9-7-13)12(17)18-10-4-2/h1,4H,2,5-10H2,(H,15,16). The Hall–Kier alpha value is -1.96. The molecule has 5 heteroatoms. The molecule has 1 aliphatic rings. The molecular formula is C13H17NO4. The van der Waals surface area contributed by atoms with Crippen LogP contribution in [0.15, 0.2) is 12.7 Å². The number of terminal acetylenes is 1. The van der Waals surface area contributed by atoms with Crippen molar-refractivity contribution in [2.45, 2.75) is 19.3 Å². The summed E-state index contributed by atoms with van der Waals surface area (Å²) in [6, 6.07) is 0. The molecule has 0 aromatic heterocycles. The predicted molar refractivity (Wildman–Crippen MR) is 65.9 cm³/mol. The number of rotatable bonds is 4. The van der Waals surface area contributed by atoms with Gasteiger partial charge in [0, 0.05) is 19.5 Å². The van der Waals surface area contributed by atoms with E-state index in [1.165, 1.54) is 11.0 Å². The van der Waals surface area contributed by atoms with Gasteiger partial charge in [0.15, 0.2) is 0 Å². The number of carbonyl (C=O) groups is 2. The van der Waals surface area contributed by atoms with Crippen molar-refractivity contribution in [2.24, 2.45) is 5.41 Å². The number of ether oxygens (including phenoxy) is 1. The van der Waals surface area contributed by atoms with Crippen molar-refractivity contribution in [3.63, 3.8) is 0 Å². The highest BCUT2D eigenvalue weighted by atomic mass is 16.6. The number of aliphatic carboxylic acids is 1. The molecule has 0 bridgehead atoms. The van der Waals surface area contributed by atoms with Crippen LogP contribution < -0.4 is 0 Å². The lowest BCUT2D eigenvalue weighted by Crippen LogP contribution is -2.46. The molecule has 1 N–H and O–H groups in total. The second-order valence-corrected chi connectivity index (χ2v) is 4.32. The van der Waals surface area contributed by atoms with Crippen LogP contribution in [0, 0.1) is 17.8 Å². The van der Waals surface area contributed by atoms with E-state index in [0.717, 1.165) is 0 Å². The first-order valence-corrected chi connectivity index (χ1v) is 5.75. The van der Waals surface area contributed by atoms with E-state index in [-0.39, 0.29) is 13.0 Å². The van der Waals surface area contributed by atoms with Crippen LogP contribution in [0.5, 0.6) is 0 Å². The lowest BCUT2D eigenvalue weighted by atomic mass is 9.76. The van der Waals surface area contributed by atoms with Crippen LogP contribution in [0.4, 0.5) is 4.79 Å². The zero-order valence-corrected chi connectivity index (χ0v) is 10.2. The van der Waals surface area contributed by atoms with Crippen molar-refractivity contribution >= 4 is 12.1 Å². The number of amides is 1. The van der Waals surface area contributed by atoms with Gasteiger partial charge in [0.1, 0.15) is 6.61 Å². The van der Waals surface area contributed by atoms with E-state index in [9.17, 15) is 14.7 Å². The number of carboxylic acids is 1. The minimum atomic E-state index is -0.899. The minimum absolute atomic E-state index is 0.157. The smallest absolute Gasteiger partial charge is 0.410 e. The van der Waals surface area contributed by atoms with Crippen molar-refractivity contribution in [1.29, 1.82) is 0 Å². The van der Waals surface area contributed by atoms with Crippen LogP contribution in [0.25, 0.3) is 0 Å². The third kappa shape index (κ3) is 3.04. The van der Waals surface area contributed by atoms with Gasteiger partial charge in [0.05, 0.1) is 5.41 Å². The zero-order valence-electron chi connectivity index (χ0n) is 10.2. The SMILES string of the molecule is C#CCC1(C(=O)O)CCN(C(=O)OCC=C)CC1. The topological polar surface area (TPSA) is 66.8 Å². The summed E-state index contributed by atoms with van der Waals surface area (Å²) >= 11 is 0. The number of likely N-dealkylation sites (tertiary alicyclic amines) is 1. The summed E-state index contributed by atoms with van der Waals surface area (Å²) in [6.45, 7) is 4.31. The molecule has 1 amide bonds. The third-order valence-corrected chi connectivity index (χ3v) is 3.20. The molecule has 0 aliphatic carbocycles. The summed E-state index contributed by atoms with van der Waals surface area (Å²) in [5.74, 6) is 1.52. The molecule has 1 heterocycles. The Bertz CT molecular complexity index is 375. The molecule has 0 aromatic rings. The lowest BCUT2D eigenvalue weighted by Gasteiger charge is -2.37. The Balaban J connectivity index is 2.58. The van der Waals surface area contributed by atoms with Gasteiger partial charge in [-0.2, -0.15) is 0 Å². The molecule has 0 saturated carbocycles. The molecule has 5 nitrogen and oxygen atoms in total. The summed E-state index contributed by atoms with van der Waals surface area (Å²) in [7, 11) is 0. The van der Waals surface area contributed by atoms with Crippen LogP contribution in [0.1, 0.15) is 19.3 Å². The Kier molecular flexibility index (Phi) is 4.78. The van der Waals surface area contributed by atoms with Crippen molar-refractivity contribution < 1.29 is 19.4 Å². The summed E-state index contributed by atoms with van der Waals surface area (Å²) in [5.41, 5.74) is -0.899. The Morgan fingerprint density at radius 1 is 1.50 bits per heavy atom. The fraction of sp³-hybridized carbons (Fsp3) is 0.538. The Labute approximate surface area is 106 Å². The minimum Gasteiger partial charge on any atom is -0.481 e. The highest BCUT2D eigenvalue weighted by Crippen LogP contribution is 2.35. The second-order valence-electron chi connectivity index (χ2n) is 4.32. The summed E-state index contributed by atoms with van der Waals surface area (Å²) in [4.78, 5) is 24.3. The third-order valence-electron chi connectivity index (χ3n) is 3.20. The Morgan fingerprint density at radius 3 is 2.56 bits per heavy atom. The van der Waals surface area contributed by atoms with Crippen molar-refractivity contribution in [1.82, 2.24) is 4.90 Å². The normalized spacial score (nSPS) is 17.6. The van der Waals surface area contributed by atoms with E-state index >= 15 is 0 Å². The number of carbonyl (C=O) groups excluding carboxylic acids is 1. The monoisotopic (exact) mass is 251 g/mol. The highest BCUT2D eigenvalue weighted by Gasteiger charge is 2.42. The van der Waals surface area contributed by atoms with E-state index in [1.54, 1.807) is 0 Å². The van der Waals surface area contributed by atoms with Gasteiger partial charge < -0.3 is 14.7 Å². The van der Waals surface area contributed by atoms with Crippen LogP contribution in [-0.4, -0.2) is 41.8 Å². The zero-order chi connectivity index (χ0) is 13.6. The average Bonchev–Trinajstić information content (AvgIpc) is 2.37. The molecule has 0 unspecified atom stereocenters. The quantitative estimate of drug-likeness (QED) is 0.607. The Morgan fingerprint density at radius 2 is 2.11 bits per heavy atom. The number of hydrogen-bond acceptors (Lipinski definition) is 3. The maximum Gasteiger partial charge on any atom is 0.410 e. The highest BCUT2D eigenvalue weighted by molar-refractivity contribution is 5.76. The molecule has 18 heavy (non-hydrogen) atoms. The van der Waals surface area contributed by atoms with E-state index < -0.39 is 17.5 Å². The molecular weight excluding hydrogens is 234 g/mol.